The highest BCUT2D eigenvalue weighted by Crippen LogP contribution is 2.22. The molecule has 1 aliphatic heterocycles. The van der Waals surface area contributed by atoms with Gasteiger partial charge in [-0.3, -0.25) is 14.2 Å². The molecule has 1 fully saturated rings. The smallest absolute Gasteiger partial charge is 0.261 e. The minimum atomic E-state index is -0.342. The fraction of sp³-hybridized carbons (Fsp3) is 0.471. The van der Waals surface area contributed by atoms with Crippen LogP contribution in [-0.2, 0) is 16.6 Å². The minimum Gasteiger partial charge on any atom is -0.376 e. The second-order valence-electron chi connectivity index (χ2n) is 5.92. The van der Waals surface area contributed by atoms with Crippen LogP contribution < -0.4 is 10.9 Å². The summed E-state index contributed by atoms with van der Waals surface area (Å²) in [4.78, 5) is 29.2. The average molecular weight is 347 g/mol. The van der Waals surface area contributed by atoms with Crippen molar-refractivity contribution >= 4 is 28.6 Å². The molecule has 2 aromatic rings. The average Bonchev–Trinajstić information content (AvgIpc) is 3.10. The quantitative estimate of drug-likeness (QED) is 0.658. The molecule has 7 heteroatoms. The van der Waals surface area contributed by atoms with Gasteiger partial charge in [0.25, 0.3) is 5.56 Å². The summed E-state index contributed by atoms with van der Waals surface area (Å²) in [7, 11) is 1.68. The number of thioether (sulfide) groups is 1. The Morgan fingerprint density at radius 2 is 2.29 bits per heavy atom. The van der Waals surface area contributed by atoms with E-state index in [4.69, 9.17) is 4.74 Å². The molecule has 2 atom stereocenters. The highest BCUT2D eigenvalue weighted by atomic mass is 32.2. The fourth-order valence-corrected chi connectivity index (χ4v) is 3.58. The number of para-hydroxylation sites is 1. The summed E-state index contributed by atoms with van der Waals surface area (Å²) in [6.07, 6.45) is 2.16. The van der Waals surface area contributed by atoms with Crippen LogP contribution in [0.5, 0.6) is 0 Å². The highest BCUT2D eigenvalue weighted by Gasteiger charge is 2.21. The van der Waals surface area contributed by atoms with E-state index in [-0.39, 0.29) is 22.8 Å². The topological polar surface area (TPSA) is 73.2 Å². The molecular formula is C17H21N3O3S. The van der Waals surface area contributed by atoms with Gasteiger partial charge in [-0.2, -0.15) is 0 Å². The Bertz CT molecular complexity index is 799. The Hall–Kier alpha value is -1.86. The molecule has 1 aromatic carbocycles. The maximum atomic E-state index is 12.4. The van der Waals surface area contributed by atoms with Gasteiger partial charge in [0.2, 0.25) is 5.91 Å². The van der Waals surface area contributed by atoms with Crippen LogP contribution in [0.4, 0.5) is 0 Å². The molecule has 0 saturated carbocycles. The first-order valence-corrected chi connectivity index (χ1v) is 8.96. The molecule has 1 aromatic heterocycles. The van der Waals surface area contributed by atoms with Gasteiger partial charge in [0.05, 0.1) is 22.3 Å². The molecule has 2 unspecified atom stereocenters. The second kappa shape index (κ2) is 7.36. The molecule has 1 N–H and O–H groups in total. The summed E-state index contributed by atoms with van der Waals surface area (Å²) in [5.74, 6) is -0.0714. The van der Waals surface area contributed by atoms with Gasteiger partial charge >= 0.3 is 0 Å². The van der Waals surface area contributed by atoms with Crippen LogP contribution >= 0.6 is 11.8 Å². The number of nitrogens with one attached hydrogen (secondary N) is 1. The van der Waals surface area contributed by atoms with Crippen molar-refractivity contribution in [2.75, 3.05) is 13.2 Å². The number of benzene rings is 1. The van der Waals surface area contributed by atoms with Crippen LogP contribution in [0.1, 0.15) is 19.8 Å². The van der Waals surface area contributed by atoms with E-state index < -0.39 is 0 Å². The molecule has 0 spiro atoms. The van der Waals surface area contributed by atoms with Crippen molar-refractivity contribution in [3.8, 4) is 0 Å². The van der Waals surface area contributed by atoms with Gasteiger partial charge in [-0.15, -0.1) is 0 Å². The molecule has 6 nitrogen and oxygen atoms in total. The summed E-state index contributed by atoms with van der Waals surface area (Å²) < 4.78 is 7.00. The molecule has 1 saturated heterocycles. The molecule has 2 heterocycles. The first-order valence-electron chi connectivity index (χ1n) is 8.08. The van der Waals surface area contributed by atoms with Crippen molar-refractivity contribution < 1.29 is 9.53 Å². The maximum Gasteiger partial charge on any atom is 0.261 e. The van der Waals surface area contributed by atoms with E-state index in [9.17, 15) is 9.59 Å². The standard InChI is InChI=1S/C17H21N3O3S/c1-11(15(21)18-10-12-6-5-9-23-12)24-17-19-14-8-4-3-7-13(14)16(22)20(17)2/h3-4,7-8,11-12H,5-6,9-10H2,1-2H3,(H,18,21). The number of hydrogen-bond donors (Lipinski definition) is 1. The molecule has 3 rings (SSSR count). The Labute approximate surface area is 144 Å². The molecule has 0 radical (unpaired) electrons. The lowest BCUT2D eigenvalue weighted by atomic mass is 10.2. The van der Waals surface area contributed by atoms with Crippen LogP contribution in [0, 0.1) is 0 Å². The third-order valence-corrected chi connectivity index (χ3v) is 5.27. The predicted molar refractivity (Wildman–Crippen MR) is 94.3 cm³/mol. The number of ether oxygens (including phenoxy) is 1. The van der Waals surface area contributed by atoms with Crippen LogP contribution in [0.2, 0.25) is 0 Å². The van der Waals surface area contributed by atoms with E-state index in [2.05, 4.69) is 10.3 Å². The SMILES string of the molecule is CC(Sc1nc2ccccc2c(=O)n1C)C(=O)NCC1CCCO1. The van der Waals surface area contributed by atoms with Crippen molar-refractivity contribution in [3.63, 3.8) is 0 Å². The molecule has 1 amide bonds. The molecule has 0 bridgehead atoms. The van der Waals surface area contributed by atoms with E-state index in [1.54, 1.807) is 13.1 Å². The van der Waals surface area contributed by atoms with Crippen LogP contribution in [0.15, 0.2) is 34.2 Å². The summed E-state index contributed by atoms with van der Waals surface area (Å²) in [5, 5.41) is 3.70. The lowest BCUT2D eigenvalue weighted by Crippen LogP contribution is -2.36. The first kappa shape index (κ1) is 17.0. The number of nitrogens with zero attached hydrogens (tertiary/aromatic N) is 2. The lowest BCUT2D eigenvalue weighted by Gasteiger charge is -2.15. The van der Waals surface area contributed by atoms with E-state index in [1.165, 1.54) is 16.3 Å². The van der Waals surface area contributed by atoms with Crippen molar-refractivity contribution in [2.45, 2.75) is 36.3 Å². The third kappa shape index (κ3) is 3.62. The van der Waals surface area contributed by atoms with E-state index in [0.717, 1.165) is 19.4 Å². The van der Waals surface area contributed by atoms with Crippen molar-refractivity contribution in [3.05, 3.63) is 34.6 Å². The number of rotatable bonds is 5. The molecule has 1 aliphatic rings. The molecule has 128 valence electrons. The van der Waals surface area contributed by atoms with Gasteiger partial charge < -0.3 is 10.1 Å². The Morgan fingerprint density at radius 3 is 3.04 bits per heavy atom. The van der Waals surface area contributed by atoms with Crippen molar-refractivity contribution in [1.82, 2.24) is 14.9 Å². The number of carbonyl (C=O) groups is 1. The Morgan fingerprint density at radius 1 is 1.50 bits per heavy atom. The van der Waals surface area contributed by atoms with Gasteiger partial charge in [-0.25, -0.2) is 4.98 Å². The van der Waals surface area contributed by atoms with Gasteiger partial charge in [0.1, 0.15) is 0 Å². The summed E-state index contributed by atoms with van der Waals surface area (Å²) in [5.41, 5.74) is 0.546. The Balaban J connectivity index is 1.70. The molecule has 0 aliphatic carbocycles. The van der Waals surface area contributed by atoms with Crippen LogP contribution in [-0.4, -0.2) is 40.0 Å². The van der Waals surface area contributed by atoms with Crippen LogP contribution in [0.25, 0.3) is 10.9 Å². The minimum absolute atomic E-state index is 0.0714. The van der Waals surface area contributed by atoms with Crippen molar-refractivity contribution in [2.24, 2.45) is 7.05 Å². The van der Waals surface area contributed by atoms with E-state index >= 15 is 0 Å². The first-order chi connectivity index (χ1) is 11.6. The summed E-state index contributed by atoms with van der Waals surface area (Å²) in [6, 6.07) is 7.24. The van der Waals surface area contributed by atoms with E-state index in [1.807, 2.05) is 25.1 Å². The largest absolute Gasteiger partial charge is 0.376 e. The molecule has 24 heavy (non-hydrogen) atoms. The van der Waals surface area contributed by atoms with Gasteiger partial charge in [0.15, 0.2) is 5.16 Å². The maximum absolute atomic E-state index is 12.4. The lowest BCUT2D eigenvalue weighted by molar-refractivity contribution is -0.120. The zero-order valence-electron chi connectivity index (χ0n) is 13.8. The second-order valence-corrected chi connectivity index (χ2v) is 7.22. The fourth-order valence-electron chi connectivity index (χ4n) is 2.68. The van der Waals surface area contributed by atoms with Crippen molar-refractivity contribution in [1.29, 1.82) is 0 Å². The number of hydrogen-bond acceptors (Lipinski definition) is 5. The zero-order chi connectivity index (χ0) is 17.1. The zero-order valence-corrected chi connectivity index (χ0v) is 14.6. The number of carbonyl (C=O) groups excluding carboxylic acids is 1. The predicted octanol–water partition coefficient (Wildman–Crippen LogP) is 1.71. The van der Waals surface area contributed by atoms with E-state index in [0.29, 0.717) is 22.6 Å². The Kier molecular flexibility index (Phi) is 5.20. The monoisotopic (exact) mass is 347 g/mol. The normalized spacial score (nSPS) is 18.7. The van der Waals surface area contributed by atoms with Gasteiger partial charge in [0, 0.05) is 20.2 Å². The summed E-state index contributed by atoms with van der Waals surface area (Å²) >= 11 is 1.29. The highest BCUT2D eigenvalue weighted by molar-refractivity contribution is 8.00. The number of amides is 1. The molecular weight excluding hydrogens is 326 g/mol. The van der Waals surface area contributed by atoms with Gasteiger partial charge in [-0.1, -0.05) is 23.9 Å². The number of fused-ring (bicyclic) bond motifs is 1. The van der Waals surface area contributed by atoms with Gasteiger partial charge in [-0.05, 0) is 31.9 Å². The summed E-state index contributed by atoms with van der Waals surface area (Å²) in [6.45, 7) is 3.12. The van der Waals surface area contributed by atoms with Crippen LogP contribution in [0.3, 0.4) is 0 Å². The number of aromatic nitrogens is 2. The third-order valence-electron chi connectivity index (χ3n) is 4.12.